The van der Waals surface area contributed by atoms with E-state index in [-0.39, 0.29) is 17.1 Å². The van der Waals surface area contributed by atoms with Crippen LogP contribution in [0.25, 0.3) is 0 Å². The number of para-hydroxylation sites is 1. The number of benzene rings is 1. The molecule has 0 aliphatic heterocycles. The van der Waals surface area contributed by atoms with E-state index in [1.54, 1.807) is 6.07 Å². The summed E-state index contributed by atoms with van der Waals surface area (Å²) in [4.78, 5) is 21.4. The number of rotatable bonds is 3. The van der Waals surface area contributed by atoms with E-state index in [9.17, 15) is 14.7 Å². The third kappa shape index (κ3) is 2.50. The lowest BCUT2D eigenvalue weighted by atomic mass is 10.2. The number of hydrogen-bond donors (Lipinski definition) is 1. The number of esters is 1. The van der Waals surface area contributed by atoms with Crippen molar-refractivity contribution in [2.24, 2.45) is 0 Å². The van der Waals surface area contributed by atoms with Crippen LogP contribution >= 0.6 is 12.6 Å². The molecule has 0 saturated heterocycles. The Morgan fingerprint density at radius 2 is 2.00 bits per heavy atom. The molecule has 0 fully saturated rings. The molecule has 0 aromatic heterocycles. The zero-order valence-corrected chi connectivity index (χ0v) is 7.99. The fourth-order valence-corrected chi connectivity index (χ4v) is 0.944. The SMILES string of the molecule is O=C(CS)Oc1ccccc1C(=O)[O-]. The first-order chi connectivity index (χ1) is 6.65. The summed E-state index contributed by atoms with van der Waals surface area (Å²) in [5, 5.41) is 10.6. The second-order valence-corrected chi connectivity index (χ2v) is 2.73. The van der Waals surface area contributed by atoms with Crippen molar-refractivity contribution in [3.63, 3.8) is 0 Å². The lowest BCUT2D eigenvalue weighted by Crippen LogP contribution is -2.24. The molecule has 0 heterocycles. The molecule has 0 saturated carbocycles. The van der Waals surface area contributed by atoms with E-state index in [0.29, 0.717) is 0 Å². The molecule has 74 valence electrons. The second kappa shape index (κ2) is 4.66. The van der Waals surface area contributed by atoms with Gasteiger partial charge in [-0.1, -0.05) is 12.1 Å². The molecule has 14 heavy (non-hydrogen) atoms. The normalized spacial score (nSPS) is 9.50. The number of hydrogen-bond acceptors (Lipinski definition) is 5. The van der Waals surface area contributed by atoms with Crippen molar-refractivity contribution in [2.45, 2.75) is 0 Å². The highest BCUT2D eigenvalue weighted by Crippen LogP contribution is 2.17. The van der Waals surface area contributed by atoms with Crippen molar-refractivity contribution in [1.29, 1.82) is 0 Å². The van der Waals surface area contributed by atoms with Crippen molar-refractivity contribution in [2.75, 3.05) is 5.75 Å². The smallest absolute Gasteiger partial charge is 0.321 e. The van der Waals surface area contributed by atoms with E-state index in [2.05, 4.69) is 12.6 Å². The van der Waals surface area contributed by atoms with Crippen LogP contribution in [0.15, 0.2) is 24.3 Å². The Kier molecular flexibility index (Phi) is 3.53. The number of ether oxygens (including phenoxy) is 1. The monoisotopic (exact) mass is 211 g/mol. The minimum absolute atomic E-state index is 0.0217. The third-order valence-electron chi connectivity index (χ3n) is 1.46. The molecule has 0 radical (unpaired) electrons. The van der Waals surface area contributed by atoms with Gasteiger partial charge in [0.1, 0.15) is 5.75 Å². The maximum absolute atomic E-state index is 10.8. The summed E-state index contributed by atoms with van der Waals surface area (Å²) >= 11 is 3.69. The van der Waals surface area contributed by atoms with Crippen LogP contribution in [0.4, 0.5) is 0 Å². The Morgan fingerprint density at radius 3 is 2.57 bits per heavy atom. The highest BCUT2D eigenvalue weighted by Gasteiger charge is 2.07. The van der Waals surface area contributed by atoms with E-state index in [0.717, 1.165) is 0 Å². The maximum atomic E-state index is 10.8. The van der Waals surface area contributed by atoms with Crippen LogP contribution in [0.3, 0.4) is 0 Å². The van der Waals surface area contributed by atoms with Crippen molar-refractivity contribution in [3.8, 4) is 5.75 Å². The quantitative estimate of drug-likeness (QED) is 0.430. The molecule has 0 aliphatic rings. The van der Waals surface area contributed by atoms with Crippen LogP contribution in [0, 0.1) is 0 Å². The average molecular weight is 211 g/mol. The van der Waals surface area contributed by atoms with Crippen molar-refractivity contribution >= 4 is 24.6 Å². The Balaban J connectivity index is 2.95. The molecule has 0 aliphatic carbocycles. The van der Waals surface area contributed by atoms with Gasteiger partial charge in [-0.3, -0.25) is 4.79 Å². The summed E-state index contributed by atoms with van der Waals surface area (Å²) < 4.78 is 4.72. The van der Waals surface area contributed by atoms with Crippen LogP contribution in [0.1, 0.15) is 10.4 Å². The summed E-state index contributed by atoms with van der Waals surface area (Å²) in [5.41, 5.74) is -0.150. The van der Waals surface area contributed by atoms with Gasteiger partial charge < -0.3 is 14.6 Å². The summed E-state index contributed by atoms with van der Waals surface area (Å²) in [6.45, 7) is 0. The van der Waals surface area contributed by atoms with Gasteiger partial charge in [-0.15, -0.1) is 0 Å². The summed E-state index contributed by atoms with van der Waals surface area (Å²) in [7, 11) is 0. The molecule has 0 amide bonds. The van der Waals surface area contributed by atoms with E-state index < -0.39 is 11.9 Å². The van der Waals surface area contributed by atoms with Crippen LogP contribution < -0.4 is 9.84 Å². The Bertz CT molecular complexity index is 362. The molecule has 0 bridgehead atoms. The molecule has 1 aromatic carbocycles. The molecule has 0 unspecified atom stereocenters. The first-order valence-electron chi connectivity index (χ1n) is 3.77. The zero-order chi connectivity index (χ0) is 10.6. The van der Waals surface area contributed by atoms with Gasteiger partial charge >= 0.3 is 5.97 Å². The highest BCUT2D eigenvalue weighted by molar-refractivity contribution is 7.81. The third-order valence-corrected chi connectivity index (χ3v) is 1.72. The Hall–Kier alpha value is -1.49. The van der Waals surface area contributed by atoms with Crippen LogP contribution in [-0.4, -0.2) is 17.7 Å². The largest absolute Gasteiger partial charge is 0.545 e. The molecule has 5 heteroatoms. The fourth-order valence-electron chi connectivity index (χ4n) is 0.879. The summed E-state index contributed by atoms with van der Waals surface area (Å²) in [6, 6.07) is 5.76. The minimum Gasteiger partial charge on any atom is -0.545 e. The van der Waals surface area contributed by atoms with Gasteiger partial charge in [-0.2, -0.15) is 12.6 Å². The predicted octanol–water partition coefficient (Wildman–Crippen LogP) is -0.115. The number of thiol groups is 1. The van der Waals surface area contributed by atoms with Crippen LogP contribution in [0.5, 0.6) is 5.75 Å². The van der Waals surface area contributed by atoms with Crippen molar-refractivity contribution < 1.29 is 19.4 Å². The van der Waals surface area contributed by atoms with Crippen molar-refractivity contribution in [1.82, 2.24) is 0 Å². The van der Waals surface area contributed by atoms with E-state index >= 15 is 0 Å². The number of carbonyl (C=O) groups is 2. The topological polar surface area (TPSA) is 66.4 Å². The molecule has 0 spiro atoms. The minimum atomic E-state index is -1.38. The van der Waals surface area contributed by atoms with Crippen LogP contribution in [-0.2, 0) is 4.79 Å². The van der Waals surface area contributed by atoms with Gasteiger partial charge in [0.05, 0.1) is 11.7 Å². The van der Waals surface area contributed by atoms with Crippen molar-refractivity contribution in [3.05, 3.63) is 29.8 Å². The molecular formula is C9H7O4S-. The molecule has 0 atom stereocenters. The first-order valence-corrected chi connectivity index (χ1v) is 4.40. The Morgan fingerprint density at radius 1 is 1.36 bits per heavy atom. The predicted molar refractivity (Wildman–Crippen MR) is 50.3 cm³/mol. The Labute approximate surface area is 85.9 Å². The lowest BCUT2D eigenvalue weighted by Gasteiger charge is -2.09. The fraction of sp³-hybridized carbons (Fsp3) is 0.111. The van der Waals surface area contributed by atoms with E-state index in [4.69, 9.17) is 4.74 Å². The van der Waals surface area contributed by atoms with Gasteiger partial charge in [-0.25, -0.2) is 0 Å². The molecule has 1 aromatic rings. The maximum Gasteiger partial charge on any atom is 0.321 e. The second-order valence-electron chi connectivity index (χ2n) is 2.42. The van der Waals surface area contributed by atoms with E-state index in [1.807, 2.05) is 0 Å². The summed E-state index contributed by atoms with van der Waals surface area (Å²) in [6.07, 6.45) is 0. The molecule has 1 rings (SSSR count). The molecule has 0 N–H and O–H groups in total. The highest BCUT2D eigenvalue weighted by atomic mass is 32.1. The van der Waals surface area contributed by atoms with Crippen LogP contribution in [0.2, 0.25) is 0 Å². The standard InChI is InChI=1S/C9H8O4S/c10-8(5-14)13-7-4-2-1-3-6(7)9(11)12/h1-4,14H,5H2,(H,11,12)/p-1. The number of carbonyl (C=O) groups excluding carboxylic acids is 2. The lowest BCUT2D eigenvalue weighted by molar-refractivity contribution is -0.255. The number of carboxylic acids is 1. The average Bonchev–Trinajstić information content (AvgIpc) is 2.18. The molecular weight excluding hydrogens is 204 g/mol. The van der Waals surface area contributed by atoms with E-state index in [1.165, 1.54) is 18.2 Å². The van der Waals surface area contributed by atoms with Gasteiger partial charge in [0, 0.05) is 5.56 Å². The van der Waals surface area contributed by atoms with Gasteiger partial charge in [0.2, 0.25) is 0 Å². The number of carboxylic acid groups (broad SMARTS) is 1. The molecule has 4 nitrogen and oxygen atoms in total. The van der Waals surface area contributed by atoms with Gasteiger partial charge in [0.25, 0.3) is 0 Å². The number of aromatic carboxylic acids is 1. The zero-order valence-electron chi connectivity index (χ0n) is 7.10. The van der Waals surface area contributed by atoms with Gasteiger partial charge in [-0.05, 0) is 12.1 Å². The van der Waals surface area contributed by atoms with Gasteiger partial charge in [0.15, 0.2) is 0 Å². The summed E-state index contributed by atoms with van der Waals surface area (Å²) in [5.74, 6) is -2.12. The first kappa shape index (κ1) is 10.6.